The molecule has 0 bridgehead atoms. The molecule has 0 spiro atoms. The number of hydrogen-bond acceptors (Lipinski definition) is 4. The third-order valence-electron chi connectivity index (χ3n) is 5.94. The first-order valence-corrected chi connectivity index (χ1v) is 10.9. The average molecular weight is 364 g/mol. The summed E-state index contributed by atoms with van der Waals surface area (Å²) in [6, 6.07) is 7.02. The van der Waals surface area contributed by atoms with E-state index in [0.29, 0.717) is 10.8 Å². The second-order valence-corrected chi connectivity index (χ2v) is 10.5. The van der Waals surface area contributed by atoms with Gasteiger partial charge in [0, 0.05) is 0 Å². The van der Waals surface area contributed by atoms with E-state index in [1.165, 1.54) is 6.42 Å². The zero-order valence-electron chi connectivity index (χ0n) is 15.7. The van der Waals surface area contributed by atoms with Crippen molar-refractivity contribution in [1.82, 2.24) is 0 Å². The van der Waals surface area contributed by atoms with Gasteiger partial charge in [0.2, 0.25) is 0 Å². The van der Waals surface area contributed by atoms with Crippen LogP contribution in [0.3, 0.4) is 0 Å². The Kier molecular flexibility index (Phi) is 5.08. The summed E-state index contributed by atoms with van der Waals surface area (Å²) in [6.45, 7) is 8.04. The topological polar surface area (TPSA) is 52.6 Å². The highest BCUT2D eigenvalue weighted by Crippen LogP contribution is 2.36. The normalized spacial score (nSPS) is 23.8. The van der Waals surface area contributed by atoms with Crippen molar-refractivity contribution in [3.8, 4) is 0 Å². The van der Waals surface area contributed by atoms with Crippen molar-refractivity contribution in [2.75, 3.05) is 5.75 Å². The minimum Gasteiger partial charge on any atom is -0.399 e. The molecule has 138 valence electrons. The van der Waals surface area contributed by atoms with E-state index in [4.69, 9.17) is 9.31 Å². The van der Waals surface area contributed by atoms with Crippen molar-refractivity contribution in [2.24, 2.45) is 5.92 Å². The highest BCUT2D eigenvalue weighted by molar-refractivity contribution is 7.91. The summed E-state index contributed by atoms with van der Waals surface area (Å²) in [5.74, 6) is 0.574. The third-order valence-corrected chi connectivity index (χ3v) is 7.85. The van der Waals surface area contributed by atoms with E-state index in [9.17, 15) is 8.42 Å². The maximum Gasteiger partial charge on any atom is 0.494 e. The monoisotopic (exact) mass is 364 g/mol. The van der Waals surface area contributed by atoms with E-state index >= 15 is 0 Å². The van der Waals surface area contributed by atoms with E-state index in [1.807, 2.05) is 39.8 Å². The van der Waals surface area contributed by atoms with Gasteiger partial charge in [0.25, 0.3) is 0 Å². The lowest BCUT2D eigenvalue weighted by molar-refractivity contribution is 0.00578. The Bertz CT molecular complexity index is 687. The van der Waals surface area contributed by atoms with Crippen LogP contribution in [0.5, 0.6) is 0 Å². The molecular formula is C19H29BO4S. The molecule has 1 saturated carbocycles. The zero-order chi connectivity index (χ0) is 18.3. The molecule has 1 aromatic rings. The smallest absolute Gasteiger partial charge is 0.399 e. The first-order valence-electron chi connectivity index (χ1n) is 9.29. The number of hydrogen-bond donors (Lipinski definition) is 0. The summed E-state index contributed by atoms with van der Waals surface area (Å²) in [6.07, 6.45) is 5.61. The predicted octanol–water partition coefficient (Wildman–Crippen LogP) is 3.34. The van der Waals surface area contributed by atoms with Crippen molar-refractivity contribution < 1.29 is 17.7 Å². The van der Waals surface area contributed by atoms with Crippen LogP contribution >= 0.6 is 0 Å². The van der Waals surface area contributed by atoms with Crippen LogP contribution in [0.1, 0.15) is 59.8 Å². The van der Waals surface area contributed by atoms with Crippen LogP contribution in [0.2, 0.25) is 0 Å². The summed E-state index contributed by atoms with van der Waals surface area (Å²) >= 11 is 0. The maximum atomic E-state index is 12.7. The highest BCUT2D eigenvalue weighted by Gasteiger charge is 2.51. The van der Waals surface area contributed by atoms with Gasteiger partial charge in [0.05, 0.1) is 21.9 Å². The van der Waals surface area contributed by atoms with E-state index < -0.39 is 28.2 Å². The fraction of sp³-hybridized carbons (Fsp3) is 0.684. The highest BCUT2D eigenvalue weighted by atomic mass is 32.2. The predicted molar refractivity (Wildman–Crippen MR) is 101 cm³/mol. The second kappa shape index (κ2) is 6.71. The summed E-state index contributed by atoms with van der Waals surface area (Å²) in [5, 5.41) is 0. The Balaban J connectivity index is 1.72. The van der Waals surface area contributed by atoms with Gasteiger partial charge in [0.15, 0.2) is 9.84 Å². The molecule has 6 heteroatoms. The first-order chi connectivity index (χ1) is 11.6. The number of benzene rings is 1. The third kappa shape index (κ3) is 3.96. The maximum absolute atomic E-state index is 12.7. The van der Waals surface area contributed by atoms with Crippen LogP contribution < -0.4 is 5.46 Å². The lowest BCUT2D eigenvalue weighted by Gasteiger charge is -2.32. The Labute approximate surface area is 152 Å². The molecule has 2 fully saturated rings. The first kappa shape index (κ1) is 18.9. The molecule has 25 heavy (non-hydrogen) atoms. The van der Waals surface area contributed by atoms with E-state index in [-0.39, 0.29) is 5.75 Å². The molecular weight excluding hydrogens is 335 g/mol. The standard InChI is InChI=1S/C19H29BO4S/c1-18(2)19(3,4)24-20(23-18)16-10-12-17(13-11-16)25(21,22)14-15-8-6-5-7-9-15/h10-13,15H,5-9,14H2,1-4H3. The van der Waals surface area contributed by atoms with Crippen LogP contribution in [0, 0.1) is 5.92 Å². The Morgan fingerprint density at radius 2 is 1.48 bits per heavy atom. The average Bonchev–Trinajstić information content (AvgIpc) is 2.76. The van der Waals surface area contributed by atoms with Crippen molar-refractivity contribution >= 4 is 22.4 Å². The van der Waals surface area contributed by atoms with Gasteiger partial charge in [-0.1, -0.05) is 31.4 Å². The minimum absolute atomic E-state index is 0.267. The zero-order valence-corrected chi connectivity index (χ0v) is 16.6. The molecule has 2 aliphatic rings. The van der Waals surface area contributed by atoms with Crippen LogP contribution in [-0.2, 0) is 19.1 Å². The molecule has 0 aromatic heterocycles. The van der Waals surface area contributed by atoms with Crippen molar-refractivity contribution in [3.63, 3.8) is 0 Å². The van der Waals surface area contributed by atoms with Crippen LogP contribution in [0.4, 0.5) is 0 Å². The minimum atomic E-state index is -3.23. The summed E-state index contributed by atoms with van der Waals surface area (Å²) in [5.41, 5.74) is 0.0579. The van der Waals surface area contributed by atoms with Crippen molar-refractivity contribution in [1.29, 1.82) is 0 Å². The molecule has 1 heterocycles. The Morgan fingerprint density at radius 3 is 2.00 bits per heavy atom. The fourth-order valence-electron chi connectivity index (χ4n) is 3.57. The molecule has 1 aliphatic carbocycles. The fourth-order valence-corrected chi connectivity index (χ4v) is 5.27. The molecule has 3 rings (SSSR count). The largest absolute Gasteiger partial charge is 0.494 e. The van der Waals surface area contributed by atoms with Gasteiger partial charge < -0.3 is 9.31 Å². The van der Waals surface area contributed by atoms with Crippen molar-refractivity contribution in [3.05, 3.63) is 24.3 Å². The molecule has 1 aliphatic heterocycles. The Hall–Kier alpha value is -0.845. The molecule has 1 aromatic carbocycles. The van der Waals surface area contributed by atoms with Crippen molar-refractivity contribution in [2.45, 2.75) is 75.9 Å². The molecule has 4 nitrogen and oxygen atoms in total. The Morgan fingerprint density at radius 1 is 0.960 bits per heavy atom. The molecule has 0 radical (unpaired) electrons. The van der Waals surface area contributed by atoms with Crippen LogP contribution in [-0.4, -0.2) is 32.5 Å². The molecule has 0 amide bonds. The van der Waals surface area contributed by atoms with Gasteiger partial charge in [-0.2, -0.15) is 0 Å². The van der Waals surface area contributed by atoms with Crippen LogP contribution in [0.15, 0.2) is 29.2 Å². The molecule has 0 N–H and O–H groups in total. The van der Waals surface area contributed by atoms with Crippen LogP contribution in [0.25, 0.3) is 0 Å². The van der Waals surface area contributed by atoms with Gasteiger partial charge in [-0.25, -0.2) is 8.42 Å². The number of rotatable bonds is 4. The van der Waals surface area contributed by atoms with E-state index in [1.54, 1.807) is 12.1 Å². The summed E-state index contributed by atoms with van der Waals surface area (Å²) in [7, 11) is -3.69. The summed E-state index contributed by atoms with van der Waals surface area (Å²) in [4.78, 5) is 0.401. The van der Waals surface area contributed by atoms with Gasteiger partial charge in [0.1, 0.15) is 0 Å². The molecule has 1 saturated heterocycles. The van der Waals surface area contributed by atoms with Gasteiger partial charge in [-0.15, -0.1) is 0 Å². The van der Waals surface area contributed by atoms with Gasteiger partial charge in [-0.05, 0) is 64.1 Å². The van der Waals surface area contributed by atoms with E-state index in [2.05, 4.69) is 0 Å². The van der Waals surface area contributed by atoms with Gasteiger partial charge >= 0.3 is 7.12 Å². The van der Waals surface area contributed by atoms with Gasteiger partial charge in [-0.3, -0.25) is 0 Å². The lowest BCUT2D eigenvalue weighted by Crippen LogP contribution is -2.41. The quantitative estimate of drug-likeness (QED) is 0.769. The molecule has 0 atom stereocenters. The van der Waals surface area contributed by atoms with E-state index in [0.717, 1.165) is 31.1 Å². The lowest BCUT2D eigenvalue weighted by atomic mass is 9.79. The summed E-state index contributed by atoms with van der Waals surface area (Å²) < 4.78 is 37.4. The number of sulfone groups is 1. The molecule has 0 unspecified atom stereocenters. The second-order valence-electron chi connectivity index (χ2n) is 8.44. The SMILES string of the molecule is CC1(C)OB(c2ccc(S(=O)(=O)CC3CCCCC3)cc2)OC1(C)C.